The first-order valence-electron chi connectivity index (χ1n) is 23.0. The number of ether oxygens (including phenoxy) is 4. The minimum absolute atomic E-state index is 0.0391. The number of methoxy groups -OCH3 is 2. The number of aliphatic hydroxyl groups excluding tert-OH is 1. The molecule has 0 radical (unpaired) electrons. The molecule has 4 aliphatic rings. The van der Waals surface area contributed by atoms with Crippen LogP contribution < -0.4 is 0 Å². The third-order valence-corrected chi connectivity index (χ3v) is 19.0. The minimum Gasteiger partial charge on any atom is -0.456 e. The van der Waals surface area contributed by atoms with Crippen LogP contribution in [-0.2, 0) is 37.8 Å². The van der Waals surface area contributed by atoms with Gasteiger partial charge in [0.25, 0.3) is 5.91 Å². The average molecular weight is 872 g/mol. The number of ketones is 1. The zero-order valence-electron chi connectivity index (χ0n) is 39.6. The molecule has 3 heterocycles. The summed E-state index contributed by atoms with van der Waals surface area (Å²) in [6.45, 7) is 25.0. The summed E-state index contributed by atoms with van der Waals surface area (Å²) in [7, 11) is 0.679. The maximum atomic E-state index is 14.7. The number of amides is 1. The smallest absolute Gasteiger partial charge is 0.329 e. The molecule has 13 atom stereocenters. The van der Waals surface area contributed by atoms with Crippen molar-refractivity contribution in [1.82, 2.24) is 4.90 Å². The predicted molar refractivity (Wildman–Crippen MR) is 242 cm³/mol. The Balaban J connectivity index is 1.88. The maximum absolute atomic E-state index is 14.7. The highest BCUT2D eigenvalue weighted by Crippen LogP contribution is 2.42. The van der Waals surface area contributed by atoms with Crippen molar-refractivity contribution in [3.8, 4) is 0 Å². The SMILES string of the molecule is C=CCC1C=C(C)CC(C)CC(OC)C2OC(O)(C(C)CC2OC)C(O)C(=O)N2CCCCC2C(=O)OC(C(C)=CC2CC=CCC2)C(C)C(O[Si](C)(C)C(C)(C)C)CC1=O. The van der Waals surface area contributed by atoms with Gasteiger partial charge < -0.3 is 38.5 Å². The second-order valence-corrected chi connectivity index (χ2v) is 25.2. The van der Waals surface area contributed by atoms with Gasteiger partial charge in [-0.3, -0.25) is 9.59 Å². The monoisotopic (exact) mass is 872 g/mol. The Morgan fingerprint density at radius 2 is 1.69 bits per heavy atom. The molecule has 0 aromatic heterocycles. The van der Waals surface area contributed by atoms with Crippen molar-refractivity contribution >= 4 is 26.0 Å². The van der Waals surface area contributed by atoms with Crippen LogP contribution in [0.1, 0.15) is 126 Å². The number of hydrogen-bond donors (Lipinski definition) is 2. The van der Waals surface area contributed by atoms with Crippen LogP contribution >= 0.6 is 0 Å². The Morgan fingerprint density at radius 1 is 1.02 bits per heavy atom. The highest BCUT2D eigenvalue weighted by Gasteiger charge is 2.56. The number of Topliss-reactive ketones (excluding diaryl/α,β-unsaturated/α-hetero) is 1. The predicted octanol–water partition coefficient (Wildman–Crippen LogP) is 8.64. The number of fused-ring (bicyclic) bond motifs is 3. The van der Waals surface area contributed by atoms with Gasteiger partial charge in [0.2, 0.25) is 5.79 Å². The van der Waals surface area contributed by atoms with E-state index in [1.165, 1.54) is 4.90 Å². The summed E-state index contributed by atoms with van der Waals surface area (Å²) in [5.41, 5.74) is 1.92. The van der Waals surface area contributed by atoms with Crippen LogP contribution in [0.4, 0.5) is 0 Å². The Labute approximate surface area is 368 Å². The lowest BCUT2D eigenvalue weighted by molar-refractivity contribution is -0.346. The number of hydrogen-bond acceptors (Lipinski definition) is 10. The molecular formula is C49H81NO10Si. The zero-order chi connectivity index (χ0) is 45.4. The zero-order valence-corrected chi connectivity index (χ0v) is 40.6. The second-order valence-electron chi connectivity index (χ2n) is 20.4. The van der Waals surface area contributed by atoms with Crippen molar-refractivity contribution in [3.63, 3.8) is 0 Å². The molecule has 1 amide bonds. The summed E-state index contributed by atoms with van der Waals surface area (Å²) in [6, 6.07) is -1.01. The first kappa shape index (κ1) is 51.2. The van der Waals surface area contributed by atoms with Crippen LogP contribution in [-0.4, -0.2) is 110 Å². The van der Waals surface area contributed by atoms with Gasteiger partial charge in [-0.2, -0.15) is 0 Å². The third kappa shape index (κ3) is 12.6. The number of carbonyl (C=O) groups is 3. The standard InChI is InChI=1S/C49H81NO10Si/c1-14-20-37-26-31(2)25-32(3)27-41(56-10)44-42(57-11)29-34(5)49(55,59-44)45(52)46(53)50-24-19-18-23-38(50)47(54)58-43(33(4)28-36-21-16-15-17-22-36)35(6)40(30-39(37)51)60-61(12,13)48(7,8)9/h14-16,26,28,32,34-38,40-45,52,55H,1,17-25,27,29-30H2,2-13H3. The van der Waals surface area contributed by atoms with E-state index in [-0.39, 0.29) is 35.6 Å². The number of cyclic esters (lactones) is 1. The number of piperidine rings is 1. The van der Waals surface area contributed by atoms with Gasteiger partial charge in [-0.05, 0) is 114 Å². The molecule has 0 aromatic carbocycles. The van der Waals surface area contributed by atoms with E-state index in [2.05, 4.69) is 71.7 Å². The van der Waals surface area contributed by atoms with E-state index < -0.39 is 86.4 Å². The summed E-state index contributed by atoms with van der Waals surface area (Å²) >= 11 is 0. The van der Waals surface area contributed by atoms with E-state index in [0.29, 0.717) is 44.9 Å². The van der Waals surface area contributed by atoms with Gasteiger partial charge in [0.05, 0.1) is 18.3 Å². The molecule has 346 valence electrons. The Kier molecular flexibility index (Phi) is 18.4. The first-order valence-corrected chi connectivity index (χ1v) is 26.0. The van der Waals surface area contributed by atoms with Crippen LogP contribution in [0.5, 0.6) is 0 Å². The van der Waals surface area contributed by atoms with Gasteiger partial charge >= 0.3 is 5.97 Å². The fourth-order valence-electron chi connectivity index (χ4n) is 9.68. The Morgan fingerprint density at radius 3 is 2.30 bits per heavy atom. The van der Waals surface area contributed by atoms with Crippen molar-refractivity contribution in [3.05, 3.63) is 48.1 Å². The molecule has 13 unspecified atom stereocenters. The molecule has 0 saturated carbocycles. The van der Waals surface area contributed by atoms with Crippen LogP contribution in [0.25, 0.3) is 0 Å². The van der Waals surface area contributed by atoms with E-state index >= 15 is 0 Å². The molecule has 2 N–H and O–H groups in total. The van der Waals surface area contributed by atoms with Gasteiger partial charge in [-0.1, -0.05) is 77.5 Å². The van der Waals surface area contributed by atoms with Gasteiger partial charge in [0.1, 0.15) is 24.0 Å². The topological polar surface area (TPSA) is 141 Å². The molecule has 2 saturated heterocycles. The van der Waals surface area contributed by atoms with Gasteiger partial charge in [-0.15, -0.1) is 6.58 Å². The van der Waals surface area contributed by atoms with E-state index in [0.717, 1.165) is 30.4 Å². The number of allylic oxidation sites excluding steroid dienone is 6. The van der Waals surface area contributed by atoms with Crippen molar-refractivity contribution < 1.29 is 48.0 Å². The largest absolute Gasteiger partial charge is 0.456 e. The molecule has 2 bridgehead atoms. The summed E-state index contributed by atoms with van der Waals surface area (Å²) in [5.74, 6) is -4.86. The van der Waals surface area contributed by atoms with E-state index in [9.17, 15) is 24.6 Å². The van der Waals surface area contributed by atoms with Crippen LogP contribution in [0.2, 0.25) is 18.1 Å². The first-order chi connectivity index (χ1) is 28.6. The highest BCUT2D eigenvalue weighted by atomic mass is 28.4. The molecule has 2 fully saturated rings. The normalized spacial score (nSPS) is 37.3. The summed E-state index contributed by atoms with van der Waals surface area (Å²) in [5, 5.41) is 24.0. The number of carbonyl (C=O) groups excluding carboxylic acids is 3. The van der Waals surface area contributed by atoms with E-state index in [1.807, 2.05) is 20.8 Å². The Bertz CT molecular complexity index is 1600. The molecule has 0 spiro atoms. The van der Waals surface area contributed by atoms with Crippen molar-refractivity contribution in [1.29, 1.82) is 0 Å². The van der Waals surface area contributed by atoms with Crippen molar-refractivity contribution in [2.24, 2.45) is 29.6 Å². The quantitative estimate of drug-likeness (QED) is 0.138. The van der Waals surface area contributed by atoms with Gasteiger partial charge in [-0.25, -0.2) is 4.79 Å². The fourth-order valence-corrected chi connectivity index (χ4v) is 11.1. The van der Waals surface area contributed by atoms with Crippen molar-refractivity contribution in [2.75, 3.05) is 20.8 Å². The molecule has 0 aromatic rings. The number of nitrogens with zero attached hydrogens (tertiary/aromatic N) is 1. The lowest BCUT2D eigenvalue weighted by Crippen LogP contribution is -2.66. The lowest BCUT2D eigenvalue weighted by atomic mass is 9.81. The fraction of sp³-hybridized carbons (Fsp3) is 0.776. The molecule has 12 heteroatoms. The average Bonchev–Trinajstić information content (AvgIpc) is 3.20. The second kappa shape index (κ2) is 22.0. The molecular weight excluding hydrogens is 791 g/mol. The summed E-state index contributed by atoms with van der Waals surface area (Å²) < 4.78 is 32.2. The summed E-state index contributed by atoms with van der Waals surface area (Å²) in [6.07, 6.45) is 11.8. The minimum atomic E-state index is -2.48. The van der Waals surface area contributed by atoms with Gasteiger partial charge in [0, 0.05) is 44.9 Å². The van der Waals surface area contributed by atoms with Crippen LogP contribution in [0.15, 0.2) is 48.1 Å². The molecule has 11 nitrogen and oxygen atoms in total. The highest BCUT2D eigenvalue weighted by molar-refractivity contribution is 6.74. The third-order valence-electron chi connectivity index (χ3n) is 14.5. The van der Waals surface area contributed by atoms with Crippen LogP contribution in [0.3, 0.4) is 0 Å². The van der Waals surface area contributed by atoms with E-state index in [4.69, 9.17) is 23.4 Å². The molecule has 61 heavy (non-hydrogen) atoms. The maximum Gasteiger partial charge on any atom is 0.329 e. The number of aliphatic hydroxyl groups is 2. The molecule has 1 aliphatic carbocycles. The van der Waals surface area contributed by atoms with Crippen molar-refractivity contribution in [2.45, 2.75) is 193 Å². The number of esters is 1. The van der Waals surface area contributed by atoms with Gasteiger partial charge in [0.15, 0.2) is 14.4 Å². The molecule has 3 aliphatic heterocycles. The summed E-state index contributed by atoms with van der Waals surface area (Å²) in [4.78, 5) is 45.3. The van der Waals surface area contributed by atoms with Crippen LogP contribution in [0, 0.1) is 29.6 Å². The Hall–Kier alpha value is -2.45. The number of rotatable bonds is 8. The lowest BCUT2D eigenvalue weighted by Gasteiger charge is -2.49. The van der Waals surface area contributed by atoms with E-state index in [1.54, 1.807) is 27.2 Å². The molecule has 4 rings (SSSR count).